The molecule has 3 nitrogen and oxygen atoms in total. The van der Waals surface area contributed by atoms with Crippen molar-refractivity contribution in [1.82, 2.24) is 0 Å². The highest BCUT2D eigenvalue weighted by Gasteiger charge is 1.98. The summed E-state index contributed by atoms with van der Waals surface area (Å²) in [7, 11) is 1.68. The molecule has 0 radical (unpaired) electrons. The van der Waals surface area contributed by atoms with Gasteiger partial charge in [-0.1, -0.05) is 24.3 Å². The molecule has 0 atom stereocenters. The highest BCUT2D eigenvalue weighted by atomic mass is 16.5. The maximum atomic E-state index is 8.86. The smallest absolute Gasteiger partial charge is 0.119 e. The summed E-state index contributed by atoms with van der Waals surface area (Å²) in [4.78, 5) is 0. The molecule has 0 heterocycles. The molecule has 0 unspecified atom stereocenters. The van der Waals surface area contributed by atoms with Crippen molar-refractivity contribution in [1.29, 1.82) is 0 Å². The molecule has 0 aliphatic rings. The van der Waals surface area contributed by atoms with Gasteiger partial charge in [0.1, 0.15) is 11.5 Å². The molecule has 2 aromatic rings. The fraction of sp³-hybridized carbons (Fsp3) is 0.333. The van der Waals surface area contributed by atoms with E-state index >= 15 is 0 Å². The molecule has 0 saturated heterocycles. The first-order valence-electron chi connectivity index (χ1n) is 7.27. The number of methoxy groups -OCH3 is 1. The fourth-order valence-electron chi connectivity index (χ4n) is 2.14. The van der Waals surface area contributed by atoms with Crippen LogP contribution in [0.25, 0.3) is 0 Å². The van der Waals surface area contributed by atoms with Gasteiger partial charge in [0.05, 0.1) is 13.7 Å². The van der Waals surface area contributed by atoms with Crippen molar-refractivity contribution in [3.05, 3.63) is 59.7 Å². The molecule has 0 saturated carbocycles. The van der Waals surface area contributed by atoms with Crippen molar-refractivity contribution < 1.29 is 14.6 Å². The topological polar surface area (TPSA) is 38.7 Å². The first kappa shape index (κ1) is 15.4. The Bertz CT molecular complexity index is 517. The molecule has 2 aromatic carbocycles. The largest absolute Gasteiger partial charge is 0.497 e. The number of aliphatic hydroxyl groups is 1. The zero-order valence-corrected chi connectivity index (χ0v) is 12.4. The summed E-state index contributed by atoms with van der Waals surface area (Å²) in [6, 6.07) is 16.0. The van der Waals surface area contributed by atoms with Crippen molar-refractivity contribution in [2.24, 2.45) is 0 Å². The van der Waals surface area contributed by atoms with Crippen LogP contribution >= 0.6 is 0 Å². The summed E-state index contributed by atoms with van der Waals surface area (Å²) in [5.74, 6) is 1.77. The van der Waals surface area contributed by atoms with Gasteiger partial charge in [0.25, 0.3) is 0 Å². The molecule has 21 heavy (non-hydrogen) atoms. The SMILES string of the molecule is COc1ccc(CCCOc2ccc(CCO)cc2)cc1. The summed E-state index contributed by atoms with van der Waals surface area (Å²) in [6.45, 7) is 0.882. The van der Waals surface area contributed by atoms with Gasteiger partial charge in [-0.15, -0.1) is 0 Å². The van der Waals surface area contributed by atoms with E-state index in [2.05, 4.69) is 12.1 Å². The molecule has 0 fully saturated rings. The highest BCUT2D eigenvalue weighted by molar-refractivity contribution is 5.28. The lowest BCUT2D eigenvalue weighted by atomic mass is 10.1. The molecule has 1 N–H and O–H groups in total. The maximum Gasteiger partial charge on any atom is 0.119 e. The van der Waals surface area contributed by atoms with E-state index in [0.29, 0.717) is 13.0 Å². The van der Waals surface area contributed by atoms with Gasteiger partial charge >= 0.3 is 0 Å². The Morgan fingerprint density at radius 2 is 1.38 bits per heavy atom. The van der Waals surface area contributed by atoms with Crippen LogP contribution in [0.4, 0.5) is 0 Å². The summed E-state index contributed by atoms with van der Waals surface area (Å²) in [5.41, 5.74) is 2.42. The average molecular weight is 286 g/mol. The number of hydrogen-bond acceptors (Lipinski definition) is 3. The second-order valence-corrected chi connectivity index (χ2v) is 4.92. The third-order valence-electron chi connectivity index (χ3n) is 3.36. The number of hydrogen-bond donors (Lipinski definition) is 1. The minimum Gasteiger partial charge on any atom is -0.497 e. The van der Waals surface area contributed by atoms with E-state index < -0.39 is 0 Å². The number of ether oxygens (including phenoxy) is 2. The monoisotopic (exact) mass is 286 g/mol. The van der Waals surface area contributed by atoms with Crippen molar-refractivity contribution in [2.75, 3.05) is 20.3 Å². The van der Waals surface area contributed by atoms with Gasteiger partial charge in [-0.05, 0) is 54.7 Å². The van der Waals surface area contributed by atoms with Crippen LogP contribution < -0.4 is 9.47 Å². The molecule has 0 aromatic heterocycles. The molecule has 112 valence electrons. The van der Waals surface area contributed by atoms with Crippen molar-refractivity contribution >= 4 is 0 Å². The second-order valence-electron chi connectivity index (χ2n) is 4.92. The van der Waals surface area contributed by atoms with Gasteiger partial charge in [-0.2, -0.15) is 0 Å². The minimum atomic E-state index is 0.183. The van der Waals surface area contributed by atoms with Crippen LogP contribution in [0.15, 0.2) is 48.5 Å². The van der Waals surface area contributed by atoms with Crippen LogP contribution in [0.5, 0.6) is 11.5 Å². The van der Waals surface area contributed by atoms with Crippen LogP contribution in [-0.2, 0) is 12.8 Å². The third kappa shape index (κ3) is 5.12. The van der Waals surface area contributed by atoms with Crippen molar-refractivity contribution in [2.45, 2.75) is 19.3 Å². The lowest BCUT2D eigenvalue weighted by molar-refractivity contribution is 0.299. The van der Waals surface area contributed by atoms with Gasteiger partial charge in [0, 0.05) is 6.61 Å². The minimum absolute atomic E-state index is 0.183. The Labute approximate surface area is 126 Å². The quantitative estimate of drug-likeness (QED) is 0.757. The standard InChI is InChI=1S/C18H22O3/c1-20-17-8-4-15(5-9-17)3-2-14-21-18-10-6-16(7-11-18)12-13-19/h4-11,19H,2-3,12-14H2,1H3. The second kappa shape index (κ2) is 8.32. The fourth-order valence-corrected chi connectivity index (χ4v) is 2.14. The summed E-state index contributed by atoms with van der Waals surface area (Å²) in [5, 5.41) is 8.86. The van der Waals surface area contributed by atoms with Crippen molar-refractivity contribution in [3.8, 4) is 11.5 Å². The summed E-state index contributed by atoms with van der Waals surface area (Å²) in [6.07, 6.45) is 2.66. The number of aliphatic hydroxyl groups excluding tert-OH is 1. The van der Waals surface area contributed by atoms with E-state index in [1.54, 1.807) is 7.11 Å². The zero-order valence-electron chi connectivity index (χ0n) is 12.4. The molecule has 0 amide bonds. The van der Waals surface area contributed by atoms with Crippen LogP contribution in [0, 0.1) is 0 Å². The van der Waals surface area contributed by atoms with E-state index in [4.69, 9.17) is 14.6 Å². The lowest BCUT2D eigenvalue weighted by Gasteiger charge is -2.07. The molecule has 3 heteroatoms. The Morgan fingerprint density at radius 1 is 0.810 bits per heavy atom. The summed E-state index contributed by atoms with van der Waals surface area (Å²) < 4.78 is 10.9. The molecule has 0 spiro atoms. The van der Waals surface area contributed by atoms with Gasteiger partial charge < -0.3 is 14.6 Å². The highest BCUT2D eigenvalue weighted by Crippen LogP contribution is 2.15. The predicted octanol–water partition coefficient (Wildman–Crippen LogP) is 3.24. The van der Waals surface area contributed by atoms with E-state index in [1.165, 1.54) is 5.56 Å². The van der Waals surface area contributed by atoms with Crippen molar-refractivity contribution in [3.63, 3.8) is 0 Å². The van der Waals surface area contributed by atoms with Crippen LogP contribution in [0.3, 0.4) is 0 Å². The summed E-state index contributed by atoms with van der Waals surface area (Å²) >= 11 is 0. The van der Waals surface area contributed by atoms with Gasteiger partial charge in [0.15, 0.2) is 0 Å². The van der Waals surface area contributed by atoms with E-state index in [1.807, 2.05) is 36.4 Å². The molecule has 0 aliphatic heterocycles. The predicted molar refractivity (Wildman–Crippen MR) is 84.0 cm³/mol. The lowest BCUT2D eigenvalue weighted by Crippen LogP contribution is -2.00. The van der Waals surface area contributed by atoms with E-state index in [0.717, 1.165) is 29.9 Å². The van der Waals surface area contributed by atoms with Gasteiger partial charge in [-0.3, -0.25) is 0 Å². The Morgan fingerprint density at radius 3 is 1.95 bits per heavy atom. The Kier molecular flexibility index (Phi) is 6.10. The van der Waals surface area contributed by atoms with Gasteiger partial charge in [0.2, 0.25) is 0 Å². The van der Waals surface area contributed by atoms with Crippen LogP contribution in [-0.4, -0.2) is 25.4 Å². The molecular formula is C18H22O3. The normalized spacial score (nSPS) is 10.4. The van der Waals surface area contributed by atoms with E-state index in [-0.39, 0.29) is 6.61 Å². The Balaban J connectivity index is 1.71. The molecule has 0 aliphatic carbocycles. The maximum absolute atomic E-state index is 8.86. The first-order valence-corrected chi connectivity index (χ1v) is 7.27. The van der Waals surface area contributed by atoms with E-state index in [9.17, 15) is 0 Å². The number of aryl methyl sites for hydroxylation is 1. The zero-order chi connectivity index (χ0) is 14.9. The molecule has 2 rings (SSSR count). The molecule has 0 bridgehead atoms. The molecular weight excluding hydrogens is 264 g/mol. The van der Waals surface area contributed by atoms with Crippen LogP contribution in [0.2, 0.25) is 0 Å². The average Bonchev–Trinajstić information content (AvgIpc) is 2.54. The number of rotatable bonds is 8. The van der Waals surface area contributed by atoms with Crippen LogP contribution in [0.1, 0.15) is 17.5 Å². The number of benzene rings is 2. The third-order valence-corrected chi connectivity index (χ3v) is 3.36. The van der Waals surface area contributed by atoms with Gasteiger partial charge in [-0.25, -0.2) is 0 Å². The first-order chi connectivity index (χ1) is 10.3. The Hall–Kier alpha value is -2.00.